The van der Waals surface area contributed by atoms with Crippen molar-refractivity contribution in [1.29, 1.82) is 0 Å². The van der Waals surface area contributed by atoms with Crippen LogP contribution in [0.1, 0.15) is 28.5 Å². The average molecular weight is 542 g/mol. The Balaban J connectivity index is 1.30. The van der Waals surface area contributed by atoms with Gasteiger partial charge in [-0.3, -0.25) is 9.59 Å². The van der Waals surface area contributed by atoms with Gasteiger partial charge in [-0.15, -0.1) is 0 Å². The molecular formula is C31H25ClFN3O3. The number of Topliss-reactive ketones (excluding diaryl/α,β-unsaturated/α-hetero) is 1. The van der Waals surface area contributed by atoms with E-state index in [0.29, 0.717) is 23.0 Å². The maximum Gasteiger partial charge on any atom is 0.274 e. The highest BCUT2D eigenvalue weighted by Crippen LogP contribution is 2.23. The van der Waals surface area contributed by atoms with Crippen LogP contribution in [0.15, 0.2) is 97.3 Å². The molecule has 0 N–H and O–H groups in total. The lowest BCUT2D eigenvalue weighted by atomic mass is 10.1. The Morgan fingerprint density at radius 3 is 2.23 bits per heavy atom. The van der Waals surface area contributed by atoms with Crippen LogP contribution in [0.3, 0.4) is 0 Å². The molecular weight excluding hydrogens is 517 g/mol. The predicted octanol–water partition coefficient (Wildman–Crippen LogP) is 6.60. The van der Waals surface area contributed by atoms with E-state index in [9.17, 15) is 14.0 Å². The molecule has 3 aromatic carbocycles. The molecule has 196 valence electrons. The monoisotopic (exact) mass is 541 g/mol. The van der Waals surface area contributed by atoms with Gasteiger partial charge in [0.05, 0.1) is 6.54 Å². The number of halogens is 2. The normalized spacial score (nSPS) is 10.9. The largest absolute Gasteiger partial charge is 0.489 e. The van der Waals surface area contributed by atoms with E-state index in [1.165, 1.54) is 24.0 Å². The van der Waals surface area contributed by atoms with Gasteiger partial charge in [0.1, 0.15) is 35.3 Å². The summed E-state index contributed by atoms with van der Waals surface area (Å²) in [7, 11) is 0. The average Bonchev–Trinajstić information content (AvgIpc) is 3.36. The summed E-state index contributed by atoms with van der Waals surface area (Å²) in [5.74, 6) is -0.113. The Hall–Kier alpha value is -4.49. The van der Waals surface area contributed by atoms with Crippen molar-refractivity contribution in [2.45, 2.75) is 20.1 Å². The van der Waals surface area contributed by atoms with E-state index >= 15 is 0 Å². The smallest absolute Gasteiger partial charge is 0.274 e. The number of hydrogen-bond donors (Lipinski definition) is 0. The van der Waals surface area contributed by atoms with Crippen LogP contribution >= 0.6 is 11.6 Å². The topological polar surface area (TPSA) is 63.9 Å². The van der Waals surface area contributed by atoms with Crippen molar-refractivity contribution in [3.63, 3.8) is 0 Å². The molecule has 0 atom stereocenters. The number of hydrogen-bond acceptors (Lipinski definition) is 4. The summed E-state index contributed by atoms with van der Waals surface area (Å²) < 4.78 is 20.7. The summed E-state index contributed by atoms with van der Waals surface area (Å²) in [6.45, 7) is 1.96. The number of imidazole rings is 1. The molecule has 6 nitrogen and oxygen atoms in total. The molecule has 0 aliphatic carbocycles. The van der Waals surface area contributed by atoms with E-state index in [-0.39, 0.29) is 36.3 Å². The highest BCUT2D eigenvalue weighted by Gasteiger charge is 2.21. The van der Waals surface area contributed by atoms with E-state index in [2.05, 4.69) is 4.98 Å². The molecule has 0 unspecified atom stereocenters. The third kappa shape index (κ3) is 6.51. The molecule has 1 amide bonds. The van der Waals surface area contributed by atoms with Crippen LogP contribution in [-0.4, -0.2) is 32.5 Å². The van der Waals surface area contributed by atoms with E-state index in [0.717, 1.165) is 22.3 Å². The van der Waals surface area contributed by atoms with E-state index in [1.807, 2.05) is 54.7 Å². The van der Waals surface area contributed by atoms with Crippen molar-refractivity contribution < 1.29 is 18.7 Å². The van der Waals surface area contributed by atoms with Crippen LogP contribution in [0, 0.1) is 5.82 Å². The minimum Gasteiger partial charge on any atom is -0.489 e. The number of ketones is 1. The molecule has 0 fully saturated rings. The van der Waals surface area contributed by atoms with Gasteiger partial charge in [0.25, 0.3) is 5.91 Å². The van der Waals surface area contributed by atoms with Gasteiger partial charge in [0.15, 0.2) is 0 Å². The summed E-state index contributed by atoms with van der Waals surface area (Å²) in [4.78, 5) is 31.4. The van der Waals surface area contributed by atoms with E-state index in [1.54, 1.807) is 34.9 Å². The molecule has 2 aromatic heterocycles. The zero-order valence-electron chi connectivity index (χ0n) is 21.2. The number of benzene rings is 3. The van der Waals surface area contributed by atoms with E-state index < -0.39 is 0 Å². The second-order valence-electron chi connectivity index (χ2n) is 9.24. The third-order valence-corrected chi connectivity index (χ3v) is 6.42. The number of pyridine rings is 1. The van der Waals surface area contributed by atoms with Gasteiger partial charge in [0.2, 0.25) is 0 Å². The maximum atomic E-state index is 13.4. The van der Waals surface area contributed by atoms with Gasteiger partial charge in [-0.25, -0.2) is 9.37 Å². The molecule has 39 heavy (non-hydrogen) atoms. The van der Waals surface area contributed by atoms with Gasteiger partial charge < -0.3 is 14.0 Å². The first-order chi connectivity index (χ1) is 18.8. The fraction of sp³-hybridized carbons (Fsp3) is 0.129. The first-order valence-electron chi connectivity index (χ1n) is 12.3. The van der Waals surface area contributed by atoms with Crippen LogP contribution in [0.4, 0.5) is 4.39 Å². The van der Waals surface area contributed by atoms with Crippen LogP contribution < -0.4 is 4.74 Å². The minimum atomic E-state index is -0.335. The highest BCUT2D eigenvalue weighted by atomic mass is 35.5. The van der Waals surface area contributed by atoms with Gasteiger partial charge in [0, 0.05) is 24.0 Å². The van der Waals surface area contributed by atoms with Crippen molar-refractivity contribution >= 4 is 28.9 Å². The van der Waals surface area contributed by atoms with Crippen LogP contribution in [0.5, 0.6) is 5.75 Å². The molecule has 0 aliphatic heterocycles. The Bertz CT molecular complexity index is 1610. The summed E-state index contributed by atoms with van der Waals surface area (Å²) in [6, 6.07) is 24.7. The molecule has 0 bridgehead atoms. The molecule has 8 heteroatoms. The Labute approximate surface area is 230 Å². The maximum absolute atomic E-state index is 13.4. The summed E-state index contributed by atoms with van der Waals surface area (Å²) in [5.41, 5.74) is 4.52. The van der Waals surface area contributed by atoms with Crippen molar-refractivity contribution in [1.82, 2.24) is 14.3 Å². The van der Waals surface area contributed by atoms with Gasteiger partial charge in [-0.2, -0.15) is 0 Å². The zero-order valence-corrected chi connectivity index (χ0v) is 21.9. The molecule has 0 aliphatic rings. The Morgan fingerprint density at radius 2 is 1.54 bits per heavy atom. The standard InChI is InChI=1S/C31H25ClFN3O3/c1-21(37)16-36(17-22-4-13-28(14-5-22)39-20-23-2-11-27(33)12-3-23)31(38)29-19-35-18-25(8-15-30(35)34-29)24-6-9-26(32)10-7-24/h2-15,18-19H,16-17,20H2,1H3. The van der Waals surface area contributed by atoms with Crippen LogP contribution in [0.2, 0.25) is 5.02 Å². The molecule has 0 saturated carbocycles. The number of fused-ring (bicyclic) bond motifs is 1. The Kier molecular flexibility index (Phi) is 7.70. The first-order valence-corrected chi connectivity index (χ1v) is 12.7. The number of carbonyl (C=O) groups excluding carboxylic acids is 2. The second kappa shape index (κ2) is 11.5. The van der Waals surface area contributed by atoms with Crippen molar-refractivity contribution in [3.8, 4) is 16.9 Å². The number of ether oxygens (including phenoxy) is 1. The predicted molar refractivity (Wildman–Crippen MR) is 148 cm³/mol. The molecule has 0 radical (unpaired) electrons. The minimum absolute atomic E-state index is 0.0362. The van der Waals surface area contributed by atoms with Crippen molar-refractivity contribution in [2.75, 3.05) is 6.54 Å². The fourth-order valence-corrected chi connectivity index (χ4v) is 4.32. The second-order valence-corrected chi connectivity index (χ2v) is 9.68. The number of carbonyl (C=O) groups is 2. The first kappa shape index (κ1) is 26.1. The summed E-state index contributed by atoms with van der Waals surface area (Å²) >= 11 is 6.01. The van der Waals surface area contributed by atoms with Crippen molar-refractivity contribution in [3.05, 3.63) is 125 Å². The highest BCUT2D eigenvalue weighted by molar-refractivity contribution is 6.30. The fourth-order valence-electron chi connectivity index (χ4n) is 4.20. The number of aromatic nitrogens is 2. The molecule has 0 saturated heterocycles. The van der Waals surface area contributed by atoms with Gasteiger partial charge in [-0.1, -0.05) is 48.0 Å². The van der Waals surface area contributed by atoms with Crippen LogP contribution in [-0.2, 0) is 17.9 Å². The molecule has 5 rings (SSSR count). The number of amides is 1. The number of nitrogens with zero attached hydrogens (tertiary/aromatic N) is 3. The molecule has 2 heterocycles. The summed E-state index contributed by atoms with van der Waals surface area (Å²) in [5, 5.41) is 0.660. The quantitative estimate of drug-likeness (QED) is 0.211. The van der Waals surface area contributed by atoms with Gasteiger partial charge in [-0.05, 0) is 77.7 Å². The zero-order chi connectivity index (χ0) is 27.4. The van der Waals surface area contributed by atoms with Gasteiger partial charge >= 0.3 is 0 Å². The van der Waals surface area contributed by atoms with Crippen molar-refractivity contribution in [2.24, 2.45) is 0 Å². The van der Waals surface area contributed by atoms with E-state index in [4.69, 9.17) is 16.3 Å². The lowest BCUT2D eigenvalue weighted by molar-refractivity contribution is -0.117. The lowest BCUT2D eigenvalue weighted by Gasteiger charge is -2.20. The number of rotatable bonds is 9. The third-order valence-electron chi connectivity index (χ3n) is 6.16. The Morgan fingerprint density at radius 1 is 0.872 bits per heavy atom. The lowest BCUT2D eigenvalue weighted by Crippen LogP contribution is -2.34. The SMILES string of the molecule is CC(=O)CN(Cc1ccc(OCc2ccc(F)cc2)cc1)C(=O)c1cn2cc(-c3ccc(Cl)cc3)ccc2n1. The molecule has 0 spiro atoms. The molecule has 5 aromatic rings. The van der Waals surface area contributed by atoms with Crippen LogP contribution in [0.25, 0.3) is 16.8 Å². The summed E-state index contributed by atoms with van der Waals surface area (Å²) in [6.07, 6.45) is 3.58.